The number of furan rings is 1. The third kappa shape index (κ3) is 5.88. The lowest BCUT2D eigenvalue weighted by Crippen LogP contribution is -2.27. The number of carbonyl (C=O) groups is 2. The lowest BCUT2D eigenvalue weighted by atomic mass is 10.1. The van der Waals surface area contributed by atoms with Gasteiger partial charge in [-0.2, -0.15) is 0 Å². The number of hydrogen-bond acceptors (Lipinski definition) is 3. The fraction of sp³-hybridized carbons (Fsp3) is 0.0909. The Morgan fingerprint density at radius 3 is 2.25 bits per heavy atom. The zero-order valence-electron chi connectivity index (χ0n) is 15.4. The number of hydrogen-bond donors (Lipinski definition) is 3. The third-order valence-electron chi connectivity index (χ3n) is 3.92. The Kier molecular flexibility index (Phi) is 6.25. The topological polar surface area (TPSA) is 83.4 Å². The van der Waals surface area contributed by atoms with Crippen LogP contribution in [0.2, 0.25) is 0 Å². The van der Waals surface area contributed by atoms with Gasteiger partial charge in [0.1, 0.15) is 5.76 Å². The normalized spacial score (nSPS) is 10.6. The summed E-state index contributed by atoms with van der Waals surface area (Å²) < 4.78 is 5.15. The van der Waals surface area contributed by atoms with Crippen LogP contribution < -0.4 is 16.0 Å². The quantitative estimate of drug-likeness (QED) is 0.552. The first kappa shape index (κ1) is 19.0. The van der Waals surface area contributed by atoms with Crippen LogP contribution >= 0.6 is 0 Å². The predicted octanol–water partition coefficient (Wildman–Crippen LogP) is 4.56. The van der Waals surface area contributed by atoms with Crippen LogP contribution in [0.5, 0.6) is 0 Å². The Hall–Kier alpha value is -3.80. The van der Waals surface area contributed by atoms with Gasteiger partial charge < -0.3 is 20.4 Å². The molecule has 3 amide bonds. The summed E-state index contributed by atoms with van der Waals surface area (Å²) in [6.07, 6.45) is 4.80. The molecule has 0 radical (unpaired) electrons. The number of carbonyl (C=O) groups excluding carboxylic acids is 2. The van der Waals surface area contributed by atoms with E-state index in [1.54, 1.807) is 48.7 Å². The first-order chi connectivity index (χ1) is 13.6. The molecule has 142 valence electrons. The summed E-state index contributed by atoms with van der Waals surface area (Å²) in [4.78, 5) is 23.9. The molecule has 1 aromatic heterocycles. The van der Waals surface area contributed by atoms with Crippen molar-refractivity contribution >= 4 is 29.4 Å². The first-order valence-electron chi connectivity index (χ1n) is 8.81. The van der Waals surface area contributed by atoms with Crippen molar-refractivity contribution in [2.75, 3.05) is 10.6 Å². The molecule has 0 aliphatic carbocycles. The molecule has 28 heavy (non-hydrogen) atoms. The predicted molar refractivity (Wildman–Crippen MR) is 110 cm³/mol. The van der Waals surface area contributed by atoms with E-state index in [1.807, 2.05) is 31.2 Å². The highest BCUT2D eigenvalue weighted by Crippen LogP contribution is 2.14. The highest BCUT2D eigenvalue weighted by molar-refractivity contribution is 6.02. The fourth-order valence-corrected chi connectivity index (χ4v) is 2.43. The van der Waals surface area contributed by atoms with Crippen LogP contribution in [0, 0.1) is 6.92 Å². The van der Waals surface area contributed by atoms with Crippen LogP contribution in [-0.2, 0) is 11.3 Å². The summed E-state index contributed by atoms with van der Waals surface area (Å²) in [5, 5.41) is 8.19. The lowest BCUT2D eigenvalue weighted by Gasteiger charge is -2.08. The molecular formula is C22H21N3O3. The Bertz CT molecular complexity index is 944. The van der Waals surface area contributed by atoms with Gasteiger partial charge in [0, 0.05) is 17.5 Å². The molecule has 0 saturated heterocycles. The van der Waals surface area contributed by atoms with Gasteiger partial charge in [-0.25, -0.2) is 4.79 Å². The molecule has 1 heterocycles. The van der Waals surface area contributed by atoms with Crippen molar-refractivity contribution in [1.82, 2.24) is 5.32 Å². The average Bonchev–Trinajstić information content (AvgIpc) is 3.21. The second-order valence-corrected chi connectivity index (χ2v) is 6.20. The van der Waals surface area contributed by atoms with Gasteiger partial charge in [-0.1, -0.05) is 29.8 Å². The van der Waals surface area contributed by atoms with E-state index in [1.165, 1.54) is 11.6 Å². The molecule has 3 aromatic rings. The van der Waals surface area contributed by atoms with Gasteiger partial charge in [-0.15, -0.1) is 0 Å². The molecule has 0 aliphatic rings. The fourth-order valence-electron chi connectivity index (χ4n) is 2.43. The Morgan fingerprint density at radius 2 is 1.61 bits per heavy atom. The molecule has 0 unspecified atom stereocenters. The molecule has 6 heteroatoms. The van der Waals surface area contributed by atoms with Crippen LogP contribution in [0.1, 0.15) is 16.9 Å². The SMILES string of the molecule is Cc1ccc(/C=C/C(=O)Nc2ccc(NC(=O)NCc3ccco3)cc2)cc1. The number of benzene rings is 2. The van der Waals surface area contributed by atoms with Crippen molar-refractivity contribution in [3.8, 4) is 0 Å². The molecule has 0 spiro atoms. The standard InChI is InChI=1S/C22H21N3O3/c1-16-4-6-17(7-5-16)8-13-21(26)24-18-9-11-19(12-10-18)25-22(27)23-15-20-3-2-14-28-20/h2-14H,15H2,1H3,(H,24,26)(H2,23,25,27)/b13-8+. The Balaban J connectivity index is 1.47. The number of urea groups is 1. The van der Waals surface area contributed by atoms with E-state index in [9.17, 15) is 9.59 Å². The highest BCUT2D eigenvalue weighted by Gasteiger charge is 2.04. The molecule has 0 aliphatic heterocycles. The largest absolute Gasteiger partial charge is 0.467 e. The van der Waals surface area contributed by atoms with Gasteiger partial charge in [0.25, 0.3) is 0 Å². The number of aryl methyl sites for hydroxylation is 1. The van der Waals surface area contributed by atoms with E-state index in [0.717, 1.165) is 5.56 Å². The monoisotopic (exact) mass is 375 g/mol. The summed E-state index contributed by atoms with van der Waals surface area (Å²) in [5.41, 5.74) is 3.39. The molecular weight excluding hydrogens is 354 g/mol. The summed E-state index contributed by atoms with van der Waals surface area (Å²) >= 11 is 0. The number of nitrogens with one attached hydrogen (secondary N) is 3. The maximum Gasteiger partial charge on any atom is 0.319 e. The van der Waals surface area contributed by atoms with Gasteiger partial charge >= 0.3 is 6.03 Å². The first-order valence-corrected chi connectivity index (χ1v) is 8.81. The Morgan fingerprint density at radius 1 is 0.929 bits per heavy atom. The summed E-state index contributed by atoms with van der Waals surface area (Å²) in [5.74, 6) is 0.448. The van der Waals surface area contributed by atoms with Gasteiger partial charge in [0.05, 0.1) is 12.8 Å². The van der Waals surface area contributed by atoms with Crippen molar-refractivity contribution in [3.05, 3.63) is 89.9 Å². The van der Waals surface area contributed by atoms with Crippen molar-refractivity contribution in [3.63, 3.8) is 0 Å². The third-order valence-corrected chi connectivity index (χ3v) is 3.92. The van der Waals surface area contributed by atoms with E-state index < -0.39 is 0 Å². The van der Waals surface area contributed by atoms with E-state index in [-0.39, 0.29) is 11.9 Å². The van der Waals surface area contributed by atoms with E-state index in [4.69, 9.17) is 4.42 Å². The van der Waals surface area contributed by atoms with Crippen LogP contribution in [0.15, 0.2) is 77.4 Å². The zero-order valence-corrected chi connectivity index (χ0v) is 15.4. The van der Waals surface area contributed by atoms with Gasteiger partial charge in [0.15, 0.2) is 0 Å². The molecule has 2 aromatic carbocycles. The average molecular weight is 375 g/mol. The lowest BCUT2D eigenvalue weighted by molar-refractivity contribution is -0.111. The van der Waals surface area contributed by atoms with Crippen LogP contribution in [-0.4, -0.2) is 11.9 Å². The highest BCUT2D eigenvalue weighted by atomic mass is 16.3. The van der Waals surface area contributed by atoms with E-state index in [0.29, 0.717) is 23.7 Å². The number of amides is 3. The van der Waals surface area contributed by atoms with E-state index >= 15 is 0 Å². The van der Waals surface area contributed by atoms with E-state index in [2.05, 4.69) is 16.0 Å². The molecule has 0 atom stereocenters. The minimum atomic E-state index is -0.339. The van der Waals surface area contributed by atoms with Gasteiger partial charge in [0.2, 0.25) is 5.91 Å². The Labute approximate surface area is 163 Å². The number of anilines is 2. The second-order valence-electron chi connectivity index (χ2n) is 6.20. The minimum Gasteiger partial charge on any atom is -0.467 e. The second kappa shape index (κ2) is 9.23. The van der Waals surface area contributed by atoms with Crippen molar-refractivity contribution in [1.29, 1.82) is 0 Å². The summed E-state index contributed by atoms with van der Waals surface area (Å²) in [7, 11) is 0. The van der Waals surface area contributed by atoms with Crippen molar-refractivity contribution in [2.24, 2.45) is 0 Å². The van der Waals surface area contributed by atoms with Gasteiger partial charge in [-0.05, 0) is 55.0 Å². The van der Waals surface area contributed by atoms with Crippen LogP contribution in [0.3, 0.4) is 0 Å². The van der Waals surface area contributed by atoms with Crippen LogP contribution in [0.4, 0.5) is 16.2 Å². The van der Waals surface area contributed by atoms with Crippen molar-refractivity contribution < 1.29 is 14.0 Å². The van der Waals surface area contributed by atoms with Crippen LogP contribution in [0.25, 0.3) is 6.08 Å². The molecule has 0 bridgehead atoms. The molecule has 6 nitrogen and oxygen atoms in total. The summed E-state index contributed by atoms with van der Waals surface area (Å²) in [6.45, 7) is 2.32. The maximum absolute atomic E-state index is 12.0. The smallest absolute Gasteiger partial charge is 0.319 e. The minimum absolute atomic E-state index is 0.225. The molecule has 0 saturated carbocycles. The van der Waals surface area contributed by atoms with Crippen molar-refractivity contribution in [2.45, 2.75) is 13.5 Å². The molecule has 3 N–H and O–H groups in total. The molecule has 0 fully saturated rings. The zero-order chi connectivity index (χ0) is 19.8. The number of rotatable bonds is 6. The molecule has 3 rings (SSSR count). The van der Waals surface area contributed by atoms with Gasteiger partial charge in [-0.3, -0.25) is 4.79 Å². The maximum atomic E-state index is 12.0. The summed E-state index contributed by atoms with van der Waals surface area (Å²) in [6, 6.07) is 18.0.